The average Bonchev–Trinajstić information content (AvgIpc) is 2.88. The molecular formula is C16H18ClNOS. The smallest absolute Gasteiger partial charge is 0.182 e. The highest BCUT2D eigenvalue weighted by molar-refractivity contribution is 7.99. The molecule has 2 heterocycles. The molecule has 0 amide bonds. The summed E-state index contributed by atoms with van der Waals surface area (Å²) in [7, 11) is 1.71. The number of rotatable bonds is 4. The number of aromatic nitrogens is 1. The van der Waals surface area contributed by atoms with E-state index in [0.717, 1.165) is 18.0 Å². The molecule has 4 heteroatoms. The van der Waals surface area contributed by atoms with Gasteiger partial charge in [-0.3, -0.25) is 0 Å². The molecule has 2 nitrogen and oxygen atoms in total. The van der Waals surface area contributed by atoms with Crippen molar-refractivity contribution in [2.45, 2.75) is 24.0 Å². The standard InChI is InChI=1S/C16H18NOS.ClH/c1-18-15-7-5-13(6-8-15)12-19-16-10-14-4-2-3-9-17(14)11-16;/h2-9,16H,10-12H2,1H3;1H/q+1;/p-1. The lowest BCUT2D eigenvalue weighted by Gasteiger charge is -2.06. The number of hydrogen-bond donors (Lipinski definition) is 0. The monoisotopic (exact) mass is 307 g/mol. The summed E-state index contributed by atoms with van der Waals surface area (Å²) in [6.07, 6.45) is 3.37. The van der Waals surface area contributed by atoms with Crippen LogP contribution in [0.15, 0.2) is 48.7 Å². The van der Waals surface area contributed by atoms with Gasteiger partial charge in [-0.15, -0.1) is 11.8 Å². The van der Waals surface area contributed by atoms with E-state index in [9.17, 15) is 0 Å². The summed E-state index contributed by atoms with van der Waals surface area (Å²) in [4.78, 5) is 0. The fourth-order valence-corrected chi connectivity index (χ4v) is 3.61. The fraction of sp³-hybridized carbons (Fsp3) is 0.312. The van der Waals surface area contributed by atoms with Crippen LogP contribution in [0.4, 0.5) is 0 Å². The first kappa shape index (κ1) is 15.2. The topological polar surface area (TPSA) is 13.1 Å². The third kappa shape index (κ3) is 3.47. The van der Waals surface area contributed by atoms with E-state index in [1.807, 2.05) is 23.9 Å². The van der Waals surface area contributed by atoms with E-state index in [-0.39, 0.29) is 12.4 Å². The molecular weight excluding hydrogens is 290 g/mol. The lowest BCUT2D eigenvalue weighted by Crippen LogP contribution is -3.00. The van der Waals surface area contributed by atoms with E-state index in [0.29, 0.717) is 5.25 Å². The molecule has 0 saturated carbocycles. The van der Waals surface area contributed by atoms with Crippen molar-refractivity contribution in [2.75, 3.05) is 7.11 Å². The van der Waals surface area contributed by atoms with Crippen molar-refractivity contribution in [2.24, 2.45) is 0 Å². The highest BCUT2D eigenvalue weighted by atomic mass is 35.5. The molecule has 2 aromatic rings. The van der Waals surface area contributed by atoms with Crippen LogP contribution in [0.1, 0.15) is 11.3 Å². The first-order valence-electron chi connectivity index (χ1n) is 6.57. The van der Waals surface area contributed by atoms with E-state index >= 15 is 0 Å². The highest BCUT2D eigenvalue weighted by Crippen LogP contribution is 2.24. The summed E-state index contributed by atoms with van der Waals surface area (Å²) in [6, 6.07) is 14.8. The van der Waals surface area contributed by atoms with Crippen LogP contribution in [0.3, 0.4) is 0 Å². The van der Waals surface area contributed by atoms with Gasteiger partial charge < -0.3 is 17.1 Å². The van der Waals surface area contributed by atoms with Crippen LogP contribution >= 0.6 is 11.8 Å². The minimum absolute atomic E-state index is 0. The SMILES string of the molecule is COc1ccc(CSC2Cc3cccc[n+]3C2)cc1.[Cl-]. The minimum atomic E-state index is 0. The molecule has 1 aromatic carbocycles. The Morgan fingerprint density at radius 3 is 2.70 bits per heavy atom. The molecule has 3 rings (SSSR count). The van der Waals surface area contributed by atoms with Gasteiger partial charge in [-0.25, -0.2) is 4.57 Å². The van der Waals surface area contributed by atoms with Crippen molar-refractivity contribution in [3.05, 3.63) is 59.9 Å². The molecule has 0 radical (unpaired) electrons. The first-order chi connectivity index (χ1) is 9.35. The Balaban J connectivity index is 0.00000147. The number of hydrogen-bond acceptors (Lipinski definition) is 2. The van der Waals surface area contributed by atoms with Gasteiger partial charge in [0, 0.05) is 17.9 Å². The summed E-state index contributed by atoms with van der Waals surface area (Å²) in [6.45, 7) is 1.14. The Hall–Kier alpha value is -1.19. The molecule has 0 spiro atoms. The molecule has 0 fully saturated rings. The zero-order valence-electron chi connectivity index (χ0n) is 11.5. The Bertz CT molecular complexity index is 534. The van der Waals surface area contributed by atoms with Crippen molar-refractivity contribution in [3.63, 3.8) is 0 Å². The van der Waals surface area contributed by atoms with Crippen LogP contribution in [-0.2, 0) is 18.7 Å². The van der Waals surface area contributed by atoms with Gasteiger partial charge in [0.2, 0.25) is 0 Å². The van der Waals surface area contributed by atoms with Crippen LogP contribution in [0.5, 0.6) is 5.75 Å². The molecule has 0 N–H and O–H groups in total. The third-order valence-electron chi connectivity index (χ3n) is 3.52. The molecule has 106 valence electrons. The quantitative estimate of drug-likeness (QED) is 0.729. The maximum atomic E-state index is 5.18. The van der Waals surface area contributed by atoms with Crippen molar-refractivity contribution in [3.8, 4) is 5.75 Å². The maximum absolute atomic E-state index is 5.18. The maximum Gasteiger partial charge on any atom is 0.182 e. The van der Waals surface area contributed by atoms with Gasteiger partial charge >= 0.3 is 0 Å². The lowest BCUT2D eigenvalue weighted by molar-refractivity contribution is -0.690. The molecule has 0 saturated heterocycles. The van der Waals surface area contributed by atoms with E-state index < -0.39 is 0 Å². The van der Waals surface area contributed by atoms with Gasteiger partial charge in [-0.05, 0) is 17.7 Å². The van der Waals surface area contributed by atoms with E-state index in [1.54, 1.807) is 7.11 Å². The van der Waals surface area contributed by atoms with Crippen LogP contribution in [0.25, 0.3) is 0 Å². The number of nitrogens with zero attached hydrogens (tertiary/aromatic N) is 1. The summed E-state index contributed by atoms with van der Waals surface area (Å²) in [5.41, 5.74) is 2.82. The minimum Gasteiger partial charge on any atom is -1.00 e. The number of fused-ring (bicyclic) bond motifs is 1. The Kier molecular flexibility index (Phi) is 5.32. The molecule has 0 aliphatic carbocycles. The second-order valence-corrected chi connectivity index (χ2v) is 6.12. The van der Waals surface area contributed by atoms with Gasteiger partial charge in [0.1, 0.15) is 5.75 Å². The van der Waals surface area contributed by atoms with Crippen LogP contribution in [-0.4, -0.2) is 12.4 Å². The number of methoxy groups -OCH3 is 1. The molecule has 1 aliphatic heterocycles. The normalized spacial score (nSPS) is 16.4. The van der Waals surface area contributed by atoms with Crippen molar-refractivity contribution in [1.29, 1.82) is 0 Å². The summed E-state index contributed by atoms with van der Waals surface area (Å²) in [5, 5.41) is 0.699. The average molecular weight is 308 g/mol. The Labute approximate surface area is 130 Å². The second-order valence-electron chi connectivity index (χ2n) is 4.83. The Morgan fingerprint density at radius 2 is 2.00 bits per heavy atom. The van der Waals surface area contributed by atoms with Crippen LogP contribution < -0.4 is 21.7 Å². The Morgan fingerprint density at radius 1 is 1.20 bits per heavy atom. The summed E-state index contributed by atoms with van der Waals surface area (Å²) in [5.74, 6) is 2.00. The highest BCUT2D eigenvalue weighted by Gasteiger charge is 2.28. The number of halogens is 1. The molecule has 20 heavy (non-hydrogen) atoms. The number of pyridine rings is 1. The number of thioether (sulfide) groups is 1. The van der Waals surface area contributed by atoms with Gasteiger partial charge in [0.15, 0.2) is 18.4 Å². The predicted octanol–water partition coefficient (Wildman–Crippen LogP) is -0.155. The van der Waals surface area contributed by atoms with E-state index in [4.69, 9.17) is 4.74 Å². The van der Waals surface area contributed by atoms with Gasteiger partial charge in [-0.2, -0.15) is 0 Å². The first-order valence-corrected chi connectivity index (χ1v) is 7.62. The van der Waals surface area contributed by atoms with Gasteiger partial charge in [-0.1, -0.05) is 18.2 Å². The fourth-order valence-electron chi connectivity index (χ4n) is 2.44. The van der Waals surface area contributed by atoms with Crippen LogP contribution in [0.2, 0.25) is 0 Å². The largest absolute Gasteiger partial charge is 1.00 e. The summed E-state index contributed by atoms with van der Waals surface area (Å²) < 4.78 is 7.55. The zero-order chi connectivity index (χ0) is 13.1. The summed E-state index contributed by atoms with van der Waals surface area (Å²) >= 11 is 2.05. The molecule has 1 unspecified atom stereocenters. The second kappa shape index (κ2) is 7.00. The molecule has 1 aromatic heterocycles. The van der Waals surface area contributed by atoms with Crippen molar-refractivity contribution in [1.82, 2.24) is 0 Å². The zero-order valence-corrected chi connectivity index (χ0v) is 13.0. The third-order valence-corrected chi connectivity index (χ3v) is 4.80. The predicted molar refractivity (Wildman–Crippen MR) is 78.4 cm³/mol. The molecule has 1 atom stereocenters. The molecule has 0 bridgehead atoms. The number of benzene rings is 1. The number of ether oxygens (including phenoxy) is 1. The van der Waals surface area contributed by atoms with Crippen molar-refractivity contribution >= 4 is 11.8 Å². The van der Waals surface area contributed by atoms with Gasteiger partial charge in [0.25, 0.3) is 0 Å². The van der Waals surface area contributed by atoms with Crippen LogP contribution in [0, 0.1) is 0 Å². The molecule has 1 aliphatic rings. The van der Waals surface area contributed by atoms with E-state index in [1.165, 1.54) is 17.7 Å². The lowest BCUT2D eigenvalue weighted by atomic mass is 10.2. The van der Waals surface area contributed by atoms with E-state index in [2.05, 4.69) is 41.1 Å². The van der Waals surface area contributed by atoms with Gasteiger partial charge in [0.05, 0.1) is 18.8 Å². The van der Waals surface area contributed by atoms with Crippen molar-refractivity contribution < 1.29 is 21.7 Å².